The van der Waals surface area contributed by atoms with Crippen LogP contribution in [0.25, 0.3) is 0 Å². The molecule has 0 radical (unpaired) electrons. The number of aliphatic carboxylic acids is 1. The van der Waals surface area contributed by atoms with E-state index in [0.717, 1.165) is 18.1 Å². The number of rotatable bonds is 3. The highest BCUT2D eigenvalue weighted by Crippen LogP contribution is 2.22. The lowest BCUT2D eigenvalue weighted by atomic mass is 10.2. The van der Waals surface area contributed by atoms with Crippen LogP contribution in [0.5, 0.6) is 5.88 Å². The van der Waals surface area contributed by atoms with Gasteiger partial charge in [0.25, 0.3) is 0 Å². The van der Waals surface area contributed by atoms with Crippen LogP contribution in [0.15, 0.2) is 12.1 Å². The number of carboxylic acid groups (broad SMARTS) is 1. The van der Waals surface area contributed by atoms with Crippen LogP contribution in [-0.2, 0) is 17.8 Å². The van der Waals surface area contributed by atoms with Gasteiger partial charge in [0.15, 0.2) is 5.88 Å². The normalized spacial score (nSPS) is 16.1. The first-order valence-corrected chi connectivity index (χ1v) is 4.48. The van der Waals surface area contributed by atoms with E-state index < -0.39 is 12.0 Å². The summed E-state index contributed by atoms with van der Waals surface area (Å²) in [5, 5.41) is 8.66. The molecule has 0 aromatic carbocycles. The zero-order valence-corrected chi connectivity index (χ0v) is 7.64. The van der Waals surface area contributed by atoms with Crippen LogP contribution in [0.2, 0.25) is 0 Å². The van der Waals surface area contributed by atoms with Crippen molar-refractivity contribution in [3.8, 4) is 5.88 Å². The molecule has 14 heavy (non-hydrogen) atoms. The number of fused-ring (bicyclic) bond motifs is 1. The Morgan fingerprint density at radius 2 is 2.50 bits per heavy atom. The number of aromatic nitrogens is 1. The largest absolute Gasteiger partial charge is 0.480 e. The van der Waals surface area contributed by atoms with Crippen LogP contribution in [0.3, 0.4) is 0 Å². The molecule has 76 valence electrons. The number of carboxylic acids is 1. The summed E-state index contributed by atoms with van der Waals surface area (Å²) in [6, 6.07) is 2.86. The van der Waals surface area contributed by atoms with Crippen LogP contribution in [0, 0.1) is 0 Å². The van der Waals surface area contributed by atoms with Gasteiger partial charge in [0, 0.05) is 18.2 Å². The quantitative estimate of drug-likeness (QED) is 0.704. The lowest BCUT2D eigenvalue weighted by Gasteiger charge is -2.07. The Bertz CT molecular complexity index is 359. The average molecular weight is 196 g/mol. The Morgan fingerprint density at radius 3 is 3.21 bits per heavy atom. The molecular weight excluding hydrogens is 184 g/mol. The molecule has 0 aliphatic carbocycles. The van der Waals surface area contributed by atoms with Gasteiger partial charge in [-0.05, 0) is 6.07 Å². The lowest BCUT2D eigenvalue weighted by Crippen LogP contribution is -2.32. The van der Waals surface area contributed by atoms with E-state index in [-0.39, 0.29) is 0 Å². The molecule has 2 heterocycles. The summed E-state index contributed by atoms with van der Waals surface area (Å²) < 4.78 is 7.26. The van der Waals surface area contributed by atoms with Crippen molar-refractivity contribution in [2.45, 2.75) is 19.0 Å². The van der Waals surface area contributed by atoms with E-state index in [1.54, 1.807) is 0 Å². The summed E-state index contributed by atoms with van der Waals surface area (Å²) in [6.07, 6.45) is 0.346. The van der Waals surface area contributed by atoms with Crippen molar-refractivity contribution < 1.29 is 14.6 Å². The smallest absolute Gasteiger partial charge is 0.320 e. The second-order valence-electron chi connectivity index (χ2n) is 3.31. The van der Waals surface area contributed by atoms with Crippen LogP contribution in [-0.4, -0.2) is 28.3 Å². The van der Waals surface area contributed by atoms with Crippen LogP contribution < -0.4 is 10.5 Å². The topological polar surface area (TPSA) is 77.5 Å². The molecule has 1 unspecified atom stereocenters. The van der Waals surface area contributed by atoms with Crippen molar-refractivity contribution in [2.75, 3.05) is 6.61 Å². The summed E-state index contributed by atoms with van der Waals surface area (Å²) in [4.78, 5) is 10.6. The third kappa shape index (κ3) is 1.46. The summed E-state index contributed by atoms with van der Waals surface area (Å²) in [7, 11) is 0. The Kier molecular flexibility index (Phi) is 2.17. The van der Waals surface area contributed by atoms with Crippen molar-refractivity contribution in [1.29, 1.82) is 0 Å². The van der Waals surface area contributed by atoms with Gasteiger partial charge in [0.05, 0.1) is 6.54 Å². The van der Waals surface area contributed by atoms with Crippen LogP contribution >= 0.6 is 0 Å². The average Bonchev–Trinajstić information content (AvgIpc) is 2.69. The monoisotopic (exact) mass is 196 g/mol. The maximum atomic E-state index is 10.6. The van der Waals surface area contributed by atoms with Gasteiger partial charge in [-0.3, -0.25) is 4.79 Å². The number of carbonyl (C=O) groups is 1. The Labute approximate surface area is 81.1 Å². The molecule has 5 nitrogen and oxygen atoms in total. The Hall–Kier alpha value is -1.49. The van der Waals surface area contributed by atoms with Crippen LogP contribution in [0.1, 0.15) is 5.69 Å². The first-order chi connectivity index (χ1) is 6.68. The molecule has 1 aromatic heterocycles. The van der Waals surface area contributed by atoms with Gasteiger partial charge >= 0.3 is 5.97 Å². The molecule has 2 rings (SSSR count). The molecule has 0 bridgehead atoms. The molecule has 1 aliphatic heterocycles. The summed E-state index contributed by atoms with van der Waals surface area (Å²) in [6.45, 7) is 1.44. The van der Waals surface area contributed by atoms with E-state index >= 15 is 0 Å². The number of nitrogens with two attached hydrogens (primary N) is 1. The standard InChI is InChI=1S/C9H12N2O3/c10-7(9(12)13)5-6-1-2-8-11(6)3-4-14-8/h1-2,7H,3-5,10H2,(H,12,13). The fourth-order valence-corrected chi connectivity index (χ4v) is 1.60. The van der Waals surface area contributed by atoms with E-state index in [1.165, 1.54) is 0 Å². The third-order valence-corrected chi connectivity index (χ3v) is 2.34. The Balaban J connectivity index is 2.14. The molecule has 0 saturated carbocycles. The highest BCUT2D eigenvalue weighted by atomic mass is 16.5. The highest BCUT2D eigenvalue weighted by molar-refractivity contribution is 5.73. The molecule has 3 N–H and O–H groups in total. The predicted octanol–water partition coefficient (Wildman–Crippen LogP) is -0.165. The van der Waals surface area contributed by atoms with E-state index in [1.807, 2.05) is 16.7 Å². The predicted molar refractivity (Wildman–Crippen MR) is 49.2 cm³/mol. The summed E-state index contributed by atoms with van der Waals surface area (Å²) in [5.41, 5.74) is 6.37. The van der Waals surface area contributed by atoms with Gasteiger partial charge in [0.1, 0.15) is 12.6 Å². The zero-order chi connectivity index (χ0) is 10.1. The SMILES string of the molecule is NC(Cc1ccc2n1CCO2)C(=O)O. The van der Waals surface area contributed by atoms with Crippen LogP contribution in [0.4, 0.5) is 0 Å². The van der Waals surface area contributed by atoms with Gasteiger partial charge in [0.2, 0.25) is 0 Å². The van der Waals surface area contributed by atoms with Gasteiger partial charge in [-0.15, -0.1) is 0 Å². The van der Waals surface area contributed by atoms with Crippen molar-refractivity contribution in [3.05, 3.63) is 17.8 Å². The van der Waals surface area contributed by atoms with E-state index in [9.17, 15) is 4.79 Å². The molecule has 5 heteroatoms. The first kappa shape index (κ1) is 9.08. The minimum atomic E-state index is -0.973. The number of nitrogens with zero attached hydrogens (tertiary/aromatic N) is 1. The van der Waals surface area contributed by atoms with E-state index in [0.29, 0.717) is 13.0 Å². The van der Waals surface area contributed by atoms with Gasteiger partial charge in [-0.1, -0.05) is 0 Å². The summed E-state index contributed by atoms with van der Waals surface area (Å²) >= 11 is 0. The molecule has 0 saturated heterocycles. The third-order valence-electron chi connectivity index (χ3n) is 2.34. The molecular formula is C9H12N2O3. The maximum Gasteiger partial charge on any atom is 0.320 e. The maximum absolute atomic E-state index is 10.6. The Morgan fingerprint density at radius 1 is 1.71 bits per heavy atom. The van der Waals surface area contributed by atoms with E-state index in [2.05, 4.69) is 0 Å². The van der Waals surface area contributed by atoms with Gasteiger partial charge < -0.3 is 20.1 Å². The van der Waals surface area contributed by atoms with Crippen molar-refractivity contribution in [3.63, 3.8) is 0 Å². The molecule has 1 aliphatic rings. The highest BCUT2D eigenvalue weighted by Gasteiger charge is 2.19. The minimum Gasteiger partial charge on any atom is -0.480 e. The van der Waals surface area contributed by atoms with E-state index in [4.69, 9.17) is 15.6 Å². The van der Waals surface area contributed by atoms with Gasteiger partial charge in [-0.25, -0.2) is 0 Å². The summed E-state index contributed by atoms with van der Waals surface area (Å²) in [5.74, 6) is -0.169. The van der Waals surface area contributed by atoms with Crippen molar-refractivity contribution >= 4 is 5.97 Å². The first-order valence-electron chi connectivity index (χ1n) is 4.48. The van der Waals surface area contributed by atoms with Crippen molar-refractivity contribution in [2.24, 2.45) is 5.73 Å². The van der Waals surface area contributed by atoms with Gasteiger partial charge in [-0.2, -0.15) is 0 Å². The molecule has 0 amide bonds. The number of hydrogen-bond acceptors (Lipinski definition) is 3. The second-order valence-corrected chi connectivity index (χ2v) is 3.31. The fraction of sp³-hybridized carbons (Fsp3) is 0.444. The molecule has 0 fully saturated rings. The number of hydrogen-bond donors (Lipinski definition) is 2. The number of ether oxygens (including phenoxy) is 1. The molecule has 1 aromatic rings. The molecule has 1 atom stereocenters. The molecule has 0 spiro atoms. The fourth-order valence-electron chi connectivity index (χ4n) is 1.60. The minimum absolute atomic E-state index is 0.346. The lowest BCUT2D eigenvalue weighted by molar-refractivity contribution is -0.138. The second kappa shape index (κ2) is 3.34. The van der Waals surface area contributed by atoms with Crippen molar-refractivity contribution in [1.82, 2.24) is 4.57 Å². The zero-order valence-electron chi connectivity index (χ0n) is 7.64.